The lowest BCUT2D eigenvalue weighted by Crippen LogP contribution is -2.19. The minimum absolute atomic E-state index is 0.255. The Labute approximate surface area is 149 Å². The number of pyridine rings is 1. The number of phenols is 1. The van der Waals surface area contributed by atoms with Crippen LogP contribution in [0.4, 0.5) is 5.82 Å². The largest absolute Gasteiger partial charge is 0.508 e. The van der Waals surface area contributed by atoms with Crippen molar-refractivity contribution < 1.29 is 5.11 Å². The van der Waals surface area contributed by atoms with Crippen LogP contribution in [0.15, 0.2) is 66.7 Å². The summed E-state index contributed by atoms with van der Waals surface area (Å²) in [4.78, 5) is 7.03. The summed E-state index contributed by atoms with van der Waals surface area (Å²) in [5, 5.41) is 9.82. The fourth-order valence-corrected chi connectivity index (χ4v) is 2.83. The van der Waals surface area contributed by atoms with E-state index < -0.39 is 0 Å². The number of nitrogens with zero attached hydrogens (tertiary/aromatic N) is 2. The molecule has 3 rings (SSSR count). The average Bonchev–Trinajstić information content (AvgIpc) is 2.66. The van der Waals surface area contributed by atoms with Gasteiger partial charge < -0.3 is 10.0 Å². The lowest BCUT2D eigenvalue weighted by molar-refractivity contribution is 0.475. The highest BCUT2D eigenvalue weighted by molar-refractivity contribution is 5.74. The van der Waals surface area contributed by atoms with E-state index in [1.165, 1.54) is 0 Å². The second-order valence-corrected chi connectivity index (χ2v) is 6.29. The summed E-state index contributed by atoms with van der Waals surface area (Å²) < 4.78 is 0. The first-order chi connectivity index (χ1) is 12.2. The summed E-state index contributed by atoms with van der Waals surface area (Å²) in [6, 6.07) is 21.8. The van der Waals surface area contributed by atoms with E-state index in [0.29, 0.717) is 0 Å². The van der Waals surface area contributed by atoms with E-state index in [9.17, 15) is 5.11 Å². The van der Waals surface area contributed by atoms with Crippen molar-refractivity contribution >= 4 is 5.82 Å². The van der Waals surface area contributed by atoms with Crippen LogP contribution in [0.5, 0.6) is 5.75 Å². The number of benzene rings is 2. The van der Waals surface area contributed by atoms with Crippen LogP contribution in [-0.2, 0) is 0 Å². The predicted octanol–water partition coefficient (Wildman–Crippen LogP) is 5.36. The molecule has 1 N–H and O–H groups in total. The number of aromatic hydroxyl groups is 1. The maximum atomic E-state index is 9.82. The van der Waals surface area contributed by atoms with Gasteiger partial charge in [-0.2, -0.15) is 0 Å². The molecule has 25 heavy (non-hydrogen) atoms. The van der Waals surface area contributed by atoms with Crippen molar-refractivity contribution in [1.29, 1.82) is 0 Å². The van der Waals surface area contributed by atoms with Gasteiger partial charge in [0.25, 0.3) is 0 Å². The van der Waals surface area contributed by atoms with Crippen LogP contribution in [0, 0.1) is 0 Å². The first-order valence-corrected chi connectivity index (χ1v) is 8.75. The van der Waals surface area contributed by atoms with Gasteiger partial charge >= 0.3 is 0 Å². The van der Waals surface area contributed by atoms with E-state index in [4.69, 9.17) is 4.98 Å². The Bertz CT molecular complexity index is 830. The minimum Gasteiger partial charge on any atom is -0.508 e. The molecule has 128 valence electrons. The third-order valence-electron chi connectivity index (χ3n) is 4.30. The molecule has 1 aromatic heterocycles. The Morgan fingerprint density at radius 1 is 0.880 bits per heavy atom. The summed E-state index contributed by atoms with van der Waals surface area (Å²) in [7, 11) is 2.08. The van der Waals surface area contributed by atoms with Crippen LogP contribution in [0.2, 0.25) is 0 Å². The van der Waals surface area contributed by atoms with Gasteiger partial charge in [-0.3, -0.25) is 0 Å². The molecule has 0 radical (unpaired) electrons. The Morgan fingerprint density at radius 2 is 1.64 bits per heavy atom. The van der Waals surface area contributed by atoms with Crippen molar-refractivity contribution in [3.63, 3.8) is 0 Å². The zero-order chi connectivity index (χ0) is 17.6. The maximum absolute atomic E-state index is 9.82. The Kier molecular flexibility index (Phi) is 5.34. The third kappa shape index (κ3) is 4.18. The molecule has 1 heterocycles. The molecule has 3 nitrogen and oxygen atoms in total. The molecule has 0 bridgehead atoms. The zero-order valence-corrected chi connectivity index (χ0v) is 14.8. The number of anilines is 1. The number of hydrogen-bond donors (Lipinski definition) is 1. The highest BCUT2D eigenvalue weighted by Gasteiger charge is 2.10. The smallest absolute Gasteiger partial charge is 0.129 e. The zero-order valence-electron chi connectivity index (χ0n) is 14.8. The van der Waals surface area contributed by atoms with E-state index in [1.54, 1.807) is 12.1 Å². The van der Waals surface area contributed by atoms with E-state index in [1.807, 2.05) is 30.3 Å². The van der Waals surface area contributed by atoms with Crippen LogP contribution in [-0.4, -0.2) is 23.7 Å². The number of phenolic OH excluding ortho intramolecular Hbond substituents is 1. The Hall–Kier alpha value is -2.81. The molecular formula is C22H24N2O. The topological polar surface area (TPSA) is 36.4 Å². The highest BCUT2D eigenvalue weighted by Crippen LogP contribution is 2.30. The van der Waals surface area contributed by atoms with Gasteiger partial charge in [-0.1, -0.05) is 55.8 Å². The van der Waals surface area contributed by atoms with E-state index in [-0.39, 0.29) is 5.75 Å². The van der Waals surface area contributed by atoms with Gasteiger partial charge in [0.1, 0.15) is 11.6 Å². The molecule has 2 aromatic carbocycles. The molecule has 0 saturated heterocycles. The first-order valence-electron chi connectivity index (χ1n) is 8.75. The van der Waals surface area contributed by atoms with Crippen LogP contribution in [0.25, 0.3) is 22.4 Å². The van der Waals surface area contributed by atoms with Gasteiger partial charge in [0, 0.05) is 19.2 Å². The van der Waals surface area contributed by atoms with Crippen molar-refractivity contribution in [1.82, 2.24) is 4.98 Å². The summed E-state index contributed by atoms with van der Waals surface area (Å²) in [5.74, 6) is 1.21. The van der Waals surface area contributed by atoms with Gasteiger partial charge in [0.2, 0.25) is 0 Å². The summed E-state index contributed by atoms with van der Waals surface area (Å²) in [6.07, 6.45) is 2.29. The van der Waals surface area contributed by atoms with Crippen LogP contribution in [0.3, 0.4) is 0 Å². The van der Waals surface area contributed by atoms with Gasteiger partial charge in [-0.05, 0) is 41.8 Å². The first kappa shape index (κ1) is 17.0. The monoisotopic (exact) mass is 332 g/mol. The second-order valence-electron chi connectivity index (χ2n) is 6.29. The molecule has 0 atom stereocenters. The van der Waals surface area contributed by atoms with Crippen LogP contribution in [0.1, 0.15) is 19.8 Å². The van der Waals surface area contributed by atoms with Crippen molar-refractivity contribution in [2.45, 2.75) is 19.8 Å². The molecule has 0 aliphatic rings. The molecule has 0 aliphatic carbocycles. The minimum atomic E-state index is 0.255. The SMILES string of the molecule is CCCCN(C)c1cc(-c2ccccc2)cc(-c2cccc(O)c2)n1. The average molecular weight is 332 g/mol. The lowest BCUT2D eigenvalue weighted by atomic mass is 10.0. The molecule has 3 aromatic rings. The molecular weight excluding hydrogens is 308 g/mol. The van der Waals surface area contributed by atoms with E-state index >= 15 is 0 Å². The van der Waals surface area contributed by atoms with Crippen molar-refractivity contribution in [2.75, 3.05) is 18.5 Å². The van der Waals surface area contributed by atoms with Gasteiger partial charge in [0.15, 0.2) is 0 Å². The maximum Gasteiger partial charge on any atom is 0.129 e. The molecule has 0 unspecified atom stereocenters. The fraction of sp³-hybridized carbons (Fsp3) is 0.227. The Morgan fingerprint density at radius 3 is 2.36 bits per heavy atom. The summed E-state index contributed by atoms with van der Waals surface area (Å²) in [5.41, 5.74) is 4.09. The quantitative estimate of drug-likeness (QED) is 0.660. The third-order valence-corrected chi connectivity index (χ3v) is 4.30. The second kappa shape index (κ2) is 7.84. The normalized spacial score (nSPS) is 10.6. The number of unbranched alkanes of at least 4 members (excludes halogenated alkanes) is 1. The van der Waals surface area contributed by atoms with Gasteiger partial charge in [-0.15, -0.1) is 0 Å². The van der Waals surface area contributed by atoms with E-state index in [0.717, 1.165) is 47.6 Å². The highest BCUT2D eigenvalue weighted by atomic mass is 16.3. The molecule has 0 amide bonds. The molecule has 0 aliphatic heterocycles. The van der Waals surface area contributed by atoms with Gasteiger partial charge in [-0.25, -0.2) is 4.98 Å². The van der Waals surface area contributed by atoms with Crippen molar-refractivity contribution in [3.05, 3.63) is 66.7 Å². The fourth-order valence-electron chi connectivity index (χ4n) is 2.83. The van der Waals surface area contributed by atoms with Crippen LogP contribution < -0.4 is 4.90 Å². The lowest BCUT2D eigenvalue weighted by Gasteiger charge is -2.20. The number of hydrogen-bond acceptors (Lipinski definition) is 3. The van der Waals surface area contributed by atoms with Crippen LogP contribution >= 0.6 is 0 Å². The standard InChI is InChI=1S/C22H24N2O/c1-3-4-13-24(2)22-16-19(17-9-6-5-7-10-17)15-21(23-22)18-11-8-12-20(25)14-18/h5-12,14-16,25H,3-4,13H2,1-2H3. The van der Waals surface area contributed by atoms with Gasteiger partial charge in [0.05, 0.1) is 5.69 Å². The molecule has 0 fully saturated rings. The molecule has 0 spiro atoms. The summed E-state index contributed by atoms with van der Waals surface area (Å²) >= 11 is 0. The predicted molar refractivity (Wildman–Crippen MR) is 105 cm³/mol. The van der Waals surface area contributed by atoms with E-state index in [2.05, 4.69) is 43.1 Å². The number of rotatable bonds is 6. The van der Waals surface area contributed by atoms with Crippen molar-refractivity contribution in [2.24, 2.45) is 0 Å². The van der Waals surface area contributed by atoms with Crippen molar-refractivity contribution in [3.8, 4) is 28.1 Å². The molecule has 3 heteroatoms. The molecule has 0 saturated carbocycles. The summed E-state index contributed by atoms with van der Waals surface area (Å²) in [6.45, 7) is 3.17. The number of aromatic nitrogens is 1. The Balaban J connectivity index is 2.08.